The van der Waals surface area contributed by atoms with Crippen molar-refractivity contribution in [2.45, 2.75) is 36.5 Å². The Kier molecular flexibility index (Phi) is 4.86. The third-order valence-corrected chi connectivity index (χ3v) is 6.31. The second kappa shape index (κ2) is 7.35. The van der Waals surface area contributed by atoms with Crippen LogP contribution in [-0.4, -0.2) is 11.6 Å². The van der Waals surface area contributed by atoms with Crippen molar-refractivity contribution in [1.82, 2.24) is 0 Å². The fraction of sp³-hybridized carbons (Fsp3) is 0.160. The Morgan fingerprint density at radius 3 is 2.34 bits per heavy atom. The fourth-order valence-corrected chi connectivity index (χ4v) is 4.69. The Bertz CT molecular complexity index is 1240. The van der Waals surface area contributed by atoms with Gasteiger partial charge < -0.3 is 0 Å². The maximum atomic E-state index is 12.9. The van der Waals surface area contributed by atoms with Crippen LogP contribution in [0.4, 0.5) is 0 Å². The molecule has 0 spiro atoms. The van der Waals surface area contributed by atoms with Gasteiger partial charge in [0.05, 0.1) is 11.1 Å². The minimum atomic E-state index is -0.377. The van der Waals surface area contributed by atoms with Crippen molar-refractivity contribution in [3.63, 3.8) is 0 Å². The number of Topliss-reactive ketones (excluding diaryl/α,β-unsaturated/α-hetero) is 2. The lowest BCUT2D eigenvalue weighted by molar-refractivity contribution is -0.113. The van der Waals surface area contributed by atoms with E-state index in [-0.39, 0.29) is 22.7 Å². The molecule has 1 aliphatic carbocycles. The van der Waals surface area contributed by atoms with Gasteiger partial charge in [0.2, 0.25) is 0 Å². The van der Waals surface area contributed by atoms with Gasteiger partial charge >= 0.3 is 0 Å². The number of hydrogen-bond donors (Lipinski definition) is 0. The predicted octanol–water partition coefficient (Wildman–Crippen LogP) is 6.18. The lowest BCUT2D eigenvalue weighted by Gasteiger charge is -2.20. The number of rotatable bonds is 4. The van der Waals surface area contributed by atoms with Gasteiger partial charge in [-0.15, -0.1) is 0 Å². The molecule has 0 amide bonds. The number of benzene rings is 3. The minimum absolute atomic E-state index is 0.0165. The molecule has 0 aromatic heterocycles. The van der Waals surface area contributed by atoms with Crippen molar-refractivity contribution in [2.75, 3.05) is 0 Å². The maximum Gasteiger partial charge on any atom is 0.198 e. The zero-order valence-corrected chi connectivity index (χ0v) is 17.3. The van der Waals surface area contributed by atoms with Gasteiger partial charge in [0.1, 0.15) is 6.07 Å². The summed E-state index contributed by atoms with van der Waals surface area (Å²) in [5.74, 6) is -0.263. The number of ketones is 2. The molecule has 0 saturated heterocycles. The zero-order chi connectivity index (χ0) is 20.7. The van der Waals surface area contributed by atoms with Gasteiger partial charge in [0.15, 0.2) is 11.6 Å². The summed E-state index contributed by atoms with van der Waals surface area (Å²) >= 11 is 1.63. The highest BCUT2D eigenvalue weighted by atomic mass is 32.2. The van der Waals surface area contributed by atoms with E-state index in [0.29, 0.717) is 17.0 Å². The van der Waals surface area contributed by atoms with Crippen molar-refractivity contribution >= 4 is 39.7 Å². The SMILES string of the molecule is CC(=O)C1=C(C#N)c2ccc(Sc3ccc(C(C)C)cc3)c3cccc(c23)C1=O. The van der Waals surface area contributed by atoms with Crippen LogP contribution < -0.4 is 0 Å². The van der Waals surface area contributed by atoms with E-state index in [2.05, 4.69) is 44.2 Å². The van der Waals surface area contributed by atoms with Crippen molar-refractivity contribution in [1.29, 1.82) is 5.26 Å². The summed E-state index contributed by atoms with van der Waals surface area (Å²) < 4.78 is 0. The normalized spacial score (nSPS) is 13.1. The summed E-state index contributed by atoms with van der Waals surface area (Å²) in [7, 11) is 0. The predicted molar refractivity (Wildman–Crippen MR) is 116 cm³/mol. The Hall–Kier alpha value is -3.16. The molecule has 29 heavy (non-hydrogen) atoms. The van der Waals surface area contributed by atoms with Gasteiger partial charge in [-0.05, 0) is 42.0 Å². The van der Waals surface area contributed by atoms with Crippen LogP contribution in [0.15, 0.2) is 70.0 Å². The lowest BCUT2D eigenvalue weighted by Crippen LogP contribution is -2.17. The third-order valence-electron chi connectivity index (χ3n) is 5.23. The van der Waals surface area contributed by atoms with Gasteiger partial charge in [0.25, 0.3) is 0 Å². The van der Waals surface area contributed by atoms with Crippen molar-refractivity contribution in [3.05, 3.63) is 76.9 Å². The molecule has 3 aromatic rings. The Morgan fingerprint density at radius 2 is 1.72 bits per heavy atom. The number of carbonyl (C=O) groups is 2. The van der Waals surface area contributed by atoms with E-state index in [4.69, 9.17) is 0 Å². The molecule has 3 aromatic carbocycles. The number of nitriles is 1. The van der Waals surface area contributed by atoms with E-state index in [1.54, 1.807) is 17.8 Å². The van der Waals surface area contributed by atoms with Crippen LogP contribution in [0.2, 0.25) is 0 Å². The first kappa shape index (κ1) is 19.2. The number of carbonyl (C=O) groups excluding carboxylic acids is 2. The topological polar surface area (TPSA) is 57.9 Å². The number of allylic oxidation sites excluding steroid dienone is 2. The van der Waals surface area contributed by atoms with Crippen molar-refractivity contribution < 1.29 is 9.59 Å². The molecule has 3 nitrogen and oxygen atoms in total. The van der Waals surface area contributed by atoms with Crippen LogP contribution in [-0.2, 0) is 4.79 Å². The Morgan fingerprint density at radius 1 is 1.00 bits per heavy atom. The van der Waals surface area contributed by atoms with Gasteiger partial charge in [-0.25, -0.2) is 0 Å². The van der Waals surface area contributed by atoms with E-state index in [0.717, 1.165) is 20.6 Å². The largest absolute Gasteiger partial charge is 0.294 e. The van der Waals surface area contributed by atoms with Crippen molar-refractivity contribution in [3.8, 4) is 6.07 Å². The van der Waals surface area contributed by atoms with E-state index < -0.39 is 0 Å². The summed E-state index contributed by atoms with van der Waals surface area (Å²) in [5.41, 5.74) is 2.58. The van der Waals surface area contributed by atoms with Gasteiger partial charge in [-0.3, -0.25) is 9.59 Å². The van der Waals surface area contributed by atoms with Crippen LogP contribution in [0.25, 0.3) is 16.3 Å². The first-order chi connectivity index (χ1) is 13.9. The highest BCUT2D eigenvalue weighted by Crippen LogP contribution is 2.42. The summed E-state index contributed by atoms with van der Waals surface area (Å²) in [6, 6.07) is 19.9. The maximum absolute atomic E-state index is 12.9. The number of hydrogen-bond acceptors (Lipinski definition) is 4. The van der Waals surface area contributed by atoms with E-state index in [1.165, 1.54) is 12.5 Å². The van der Waals surface area contributed by atoms with E-state index in [1.807, 2.05) is 24.3 Å². The highest BCUT2D eigenvalue weighted by Gasteiger charge is 2.30. The first-order valence-electron chi connectivity index (χ1n) is 9.46. The highest BCUT2D eigenvalue weighted by molar-refractivity contribution is 7.99. The summed E-state index contributed by atoms with van der Waals surface area (Å²) in [5, 5.41) is 11.3. The molecular formula is C25H19NO2S. The number of nitrogens with zero attached hydrogens (tertiary/aromatic N) is 1. The second-order valence-electron chi connectivity index (χ2n) is 7.41. The quantitative estimate of drug-likeness (QED) is 0.494. The molecule has 0 fully saturated rings. The lowest BCUT2D eigenvalue weighted by atomic mass is 9.82. The molecule has 0 saturated carbocycles. The van der Waals surface area contributed by atoms with Crippen LogP contribution in [0.3, 0.4) is 0 Å². The third kappa shape index (κ3) is 3.18. The average molecular weight is 397 g/mol. The monoisotopic (exact) mass is 397 g/mol. The second-order valence-corrected chi connectivity index (χ2v) is 8.53. The minimum Gasteiger partial charge on any atom is -0.294 e. The molecule has 0 aliphatic heterocycles. The molecule has 0 bridgehead atoms. The molecule has 0 atom stereocenters. The van der Waals surface area contributed by atoms with E-state index in [9.17, 15) is 14.9 Å². The van der Waals surface area contributed by atoms with Gasteiger partial charge in [-0.1, -0.05) is 62.0 Å². The molecule has 4 heteroatoms. The van der Waals surface area contributed by atoms with Crippen molar-refractivity contribution in [2.24, 2.45) is 0 Å². The Labute approximate surface area is 174 Å². The van der Waals surface area contributed by atoms with Crippen LogP contribution in [0.5, 0.6) is 0 Å². The molecule has 4 rings (SSSR count). The molecule has 0 heterocycles. The molecule has 0 N–H and O–H groups in total. The Balaban J connectivity index is 1.88. The van der Waals surface area contributed by atoms with Crippen LogP contribution >= 0.6 is 11.8 Å². The zero-order valence-electron chi connectivity index (χ0n) is 16.4. The fourth-order valence-electron chi connectivity index (χ4n) is 3.75. The summed E-state index contributed by atoms with van der Waals surface area (Å²) in [4.78, 5) is 27.1. The smallest absolute Gasteiger partial charge is 0.198 e. The van der Waals surface area contributed by atoms with E-state index >= 15 is 0 Å². The summed E-state index contributed by atoms with van der Waals surface area (Å²) in [6.07, 6.45) is 0. The standard InChI is InChI=1S/C25H19NO2S/c1-14(2)16-7-9-17(10-8-16)29-22-12-11-18-21(13-26)23(15(3)27)25(28)20-6-4-5-19(22)24(18)20/h4-12,14H,1-3H3. The first-order valence-corrected chi connectivity index (χ1v) is 10.3. The molecule has 0 radical (unpaired) electrons. The molecule has 1 aliphatic rings. The molecule has 142 valence electrons. The van der Waals surface area contributed by atoms with Crippen LogP contribution in [0.1, 0.15) is 48.2 Å². The molecular weight excluding hydrogens is 378 g/mol. The van der Waals surface area contributed by atoms with Gasteiger partial charge in [-0.2, -0.15) is 5.26 Å². The average Bonchev–Trinajstić information content (AvgIpc) is 2.71. The summed E-state index contributed by atoms with van der Waals surface area (Å²) in [6.45, 7) is 5.67. The molecule has 0 unspecified atom stereocenters. The van der Waals surface area contributed by atoms with Gasteiger partial charge in [0, 0.05) is 26.3 Å². The van der Waals surface area contributed by atoms with Crippen LogP contribution in [0, 0.1) is 11.3 Å².